The van der Waals surface area contributed by atoms with Gasteiger partial charge in [0, 0.05) is 16.7 Å². The smallest absolute Gasteiger partial charge is 0.252 e. The molecule has 29 heavy (non-hydrogen) atoms. The number of methoxy groups -OCH3 is 1. The molecule has 7 heteroatoms. The van der Waals surface area contributed by atoms with Gasteiger partial charge >= 0.3 is 0 Å². The molecule has 2 aromatic carbocycles. The monoisotopic (exact) mass is 414 g/mol. The van der Waals surface area contributed by atoms with Crippen molar-refractivity contribution in [3.05, 3.63) is 63.3 Å². The molecule has 0 aliphatic carbocycles. The summed E-state index contributed by atoms with van der Waals surface area (Å²) in [7, 11) is 1.52. The summed E-state index contributed by atoms with van der Waals surface area (Å²) in [6.07, 6.45) is 2.09. The van der Waals surface area contributed by atoms with Gasteiger partial charge in [-0.25, -0.2) is 0 Å². The molecular formula is C22H19ClO6. The van der Waals surface area contributed by atoms with Gasteiger partial charge in [-0.05, 0) is 62.2 Å². The molecule has 0 atom stereocenters. The Morgan fingerprint density at radius 2 is 1.86 bits per heavy atom. The number of halogens is 1. The minimum Gasteiger partial charge on any atom is -0.507 e. The van der Waals surface area contributed by atoms with Crippen molar-refractivity contribution in [2.24, 2.45) is 0 Å². The van der Waals surface area contributed by atoms with E-state index in [9.17, 15) is 19.8 Å². The van der Waals surface area contributed by atoms with Crippen molar-refractivity contribution in [3.8, 4) is 28.6 Å². The van der Waals surface area contributed by atoms with Gasteiger partial charge in [-0.15, -0.1) is 0 Å². The normalized spacial score (nSPS) is 10.8. The number of ether oxygens (including phenoxy) is 1. The van der Waals surface area contributed by atoms with Gasteiger partial charge in [-0.3, -0.25) is 9.59 Å². The van der Waals surface area contributed by atoms with Crippen LogP contribution in [0.15, 0.2) is 51.2 Å². The number of carbonyl (C=O) groups excluding carboxylic acids is 1. The van der Waals surface area contributed by atoms with Crippen molar-refractivity contribution in [3.63, 3.8) is 0 Å². The summed E-state index contributed by atoms with van der Waals surface area (Å²) >= 11 is 5.70. The zero-order chi connectivity index (χ0) is 21.3. The summed E-state index contributed by atoms with van der Waals surface area (Å²) in [5, 5.41) is 19.8. The second kappa shape index (κ2) is 8.01. The highest BCUT2D eigenvalue weighted by molar-refractivity contribution is 6.68. The zero-order valence-electron chi connectivity index (χ0n) is 16.1. The predicted molar refractivity (Wildman–Crippen MR) is 111 cm³/mol. The summed E-state index contributed by atoms with van der Waals surface area (Å²) in [6, 6.07) is 7.66. The van der Waals surface area contributed by atoms with Crippen LogP contribution in [0, 0.1) is 0 Å². The first kappa shape index (κ1) is 20.5. The van der Waals surface area contributed by atoms with E-state index >= 15 is 0 Å². The minimum atomic E-state index is -0.804. The van der Waals surface area contributed by atoms with Gasteiger partial charge in [-0.1, -0.05) is 11.6 Å². The van der Waals surface area contributed by atoms with Crippen molar-refractivity contribution >= 4 is 27.8 Å². The number of benzene rings is 2. The molecule has 150 valence electrons. The van der Waals surface area contributed by atoms with Crippen LogP contribution in [0.5, 0.6) is 17.2 Å². The number of phenols is 1. The molecule has 0 bridgehead atoms. The van der Waals surface area contributed by atoms with Crippen LogP contribution in [0.4, 0.5) is 0 Å². The number of fused-ring (bicyclic) bond motifs is 1. The molecule has 0 saturated carbocycles. The lowest BCUT2D eigenvalue weighted by molar-refractivity contribution is 0.108. The van der Waals surface area contributed by atoms with E-state index in [1.807, 2.05) is 19.9 Å². The van der Waals surface area contributed by atoms with Crippen molar-refractivity contribution < 1.29 is 24.2 Å². The van der Waals surface area contributed by atoms with E-state index in [4.69, 9.17) is 20.8 Å². The Morgan fingerprint density at radius 3 is 2.41 bits per heavy atom. The third kappa shape index (κ3) is 3.84. The Labute approximate surface area is 171 Å². The fourth-order valence-corrected chi connectivity index (χ4v) is 3.18. The molecule has 6 nitrogen and oxygen atoms in total. The van der Waals surface area contributed by atoms with Crippen LogP contribution >= 0.6 is 11.6 Å². The Hall–Kier alpha value is -3.25. The van der Waals surface area contributed by atoms with Crippen LogP contribution in [0.1, 0.15) is 29.8 Å². The SMILES string of the molecule is COc1ccc(-c2oc3c(CC=C(C)C)c(C(=O)Cl)cc(O)c3c(=O)c2O)cc1. The van der Waals surface area contributed by atoms with E-state index in [-0.39, 0.29) is 28.7 Å². The van der Waals surface area contributed by atoms with E-state index in [2.05, 4.69) is 0 Å². The lowest BCUT2D eigenvalue weighted by Crippen LogP contribution is -2.07. The molecule has 0 spiro atoms. The highest BCUT2D eigenvalue weighted by atomic mass is 35.5. The molecule has 0 fully saturated rings. The summed E-state index contributed by atoms with van der Waals surface area (Å²) in [6.45, 7) is 3.77. The van der Waals surface area contributed by atoms with Crippen LogP contribution in [-0.4, -0.2) is 22.6 Å². The number of carbonyl (C=O) groups is 1. The molecule has 1 heterocycles. The highest BCUT2D eigenvalue weighted by Gasteiger charge is 2.24. The van der Waals surface area contributed by atoms with Crippen molar-refractivity contribution in [1.82, 2.24) is 0 Å². The number of phenolic OH excluding ortho intramolecular Hbond substituents is 1. The first-order valence-electron chi connectivity index (χ1n) is 8.76. The molecule has 2 N–H and O–H groups in total. The molecule has 0 saturated heterocycles. The van der Waals surface area contributed by atoms with Crippen LogP contribution in [0.3, 0.4) is 0 Å². The topological polar surface area (TPSA) is 97.0 Å². The third-order valence-corrected chi connectivity index (χ3v) is 4.71. The number of aromatic hydroxyl groups is 2. The Kier molecular flexibility index (Phi) is 5.66. The maximum atomic E-state index is 12.8. The van der Waals surface area contributed by atoms with Crippen LogP contribution in [-0.2, 0) is 6.42 Å². The largest absolute Gasteiger partial charge is 0.507 e. The fraction of sp³-hybridized carbons (Fsp3) is 0.182. The molecule has 0 amide bonds. The Morgan fingerprint density at radius 1 is 1.21 bits per heavy atom. The van der Waals surface area contributed by atoms with Crippen LogP contribution in [0.25, 0.3) is 22.3 Å². The maximum Gasteiger partial charge on any atom is 0.252 e. The van der Waals surface area contributed by atoms with Crippen molar-refractivity contribution in [2.45, 2.75) is 20.3 Å². The second-order valence-electron chi connectivity index (χ2n) is 6.72. The first-order valence-corrected chi connectivity index (χ1v) is 9.14. The third-order valence-electron chi connectivity index (χ3n) is 4.50. The molecule has 0 aliphatic heterocycles. The van der Waals surface area contributed by atoms with E-state index < -0.39 is 22.2 Å². The van der Waals surface area contributed by atoms with Gasteiger partial charge in [0.15, 0.2) is 5.76 Å². The molecule has 3 rings (SSSR count). The lowest BCUT2D eigenvalue weighted by Gasteiger charge is -2.13. The molecule has 0 aliphatic rings. The first-order chi connectivity index (χ1) is 13.7. The van der Waals surface area contributed by atoms with E-state index in [1.165, 1.54) is 7.11 Å². The van der Waals surface area contributed by atoms with E-state index in [0.29, 0.717) is 16.9 Å². The van der Waals surface area contributed by atoms with E-state index in [1.54, 1.807) is 24.3 Å². The van der Waals surface area contributed by atoms with Crippen LogP contribution in [0.2, 0.25) is 0 Å². The number of hydrogen-bond acceptors (Lipinski definition) is 6. The standard InChI is InChI=1S/C22H19ClO6/c1-11(2)4-9-14-15(22(23)27)10-16(24)17-18(25)19(26)20(29-21(14)17)12-5-7-13(28-3)8-6-12/h4-8,10,24,26H,9H2,1-3H3. The molecule has 0 radical (unpaired) electrons. The van der Waals surface area contributed by atoms with Gasteiger partial charge in [0.25, 0.3) is 5.24 Å². The molecular weight excluding hydrogens is 396 g/mol. The summed E-state index contributed by atoms with van der Waals surface area (Å²) in [5.74, 6) is -0.623. The number of hydrogen-bond donors (Lipinski definition) is 2. The van der Waals surface area contributed by atoms with Gasteiger partial charge in [0.05, 0.1) is 7.11 Å². The molecule has 0 unspecified atom stereocenters. The van der Waals surface area contributed by atoms with Crippen LogP contribution < -0.4 is 10.2 Å². The van der Waals surface area contributed by atoms with Gasteiger partial charge in [0.2, 0.25) is 11.2 Å². The average Bonchev–Trinajstić information content (AvgIpc) is 2.69. The average molecular weight is 415 g/mol. The fourth-order valence-electron chi connectivity index (χ4n) is 3.01. The van der Waals surface area contributed by atoms with Gasteiger partial charge < -0.3 is 19.4 Å². The number of rotatable bonds is 5. The Bertz CT molecular complexity index is 1180. The minimum absolute atomic E-state index is 0.000109. The lowest BCUT2D eigenvalue weighted by atomic mass is 9.98. The van der Waals surface area contributed by atoms with Crippen molar-refractivity contribution in [2.75, 3.05) is 7.11 Å². The summed E-state index contributed by atoms with van der Waals surface area (Å²) < 4.78 is 11.0. The number of allylic oxidation sites excluding steroid dienone is 2. The van der Waals surface area contributed by atoms with Gasteiger partial charge in [-0.2, -0.15) is 0 Å². The second-order valence-corrected chi connectivity index (χ2v) is 7.07. The zero-order valence-corrected chi connectivity index (χ0v) is 16.8. The summed E-state index contributed by atoms with van der Waals surface area (Å²) in [4.78, 5) is 24.7. The van der Waals surface area contributed by atoms with Crippen molar-refractivity contribution in [1.29, 1.82) is 0 Å². The molecule has 3 aromatic rings. The van der Waals surface area contributed by atoms with Gasteiger partial charge in [0.1, 0.15) is 22.5 Å². The quantitative estimate of drug-likeness (QED) is 0.461. The summed E-state index contributed by atoms with van der Waals surface area (Å²) in [5.41, 5.74) is 0.990. The Balaban J connectivity index is 2.40. The molecule has 1 aromatic heterocycles. The highest BCUT2D eigenvalue weighted by Crippen LogP contribution is 2.37. The predicted octanol–water partition coefficient (Wildman–Crippen LogP) is 4.77. The maximum absolute atomic E-state index is 12.8. The van der Waals surface area contributed by atoms with E-state index in [0.717, 1.165) is 11.6 Å².